The molecular weight excluding hydrogens is 219 g/mol. The molecule has 0 aliphatic rings. The van der Waals surface area contributed by atoms with Crippen LogP contribution in [-0.2, 0) is 0 Å². The van der Waals surface area contributed by atoms with E-state index in [-0.39, 0.29) is 11.5 Å². The summed E-state index contributed by atoms with van der Waals surface area (Å²) in [6.45, 7) is 1.90. The first-order chi connectivity index (χ1) is 8.15. The summed E-state index contributed by atoms with van der Waals surface area (Å²) in [7, 11) is 0. The van der Waals surface area contributed by atoms with E-state index in [1.807, 2.05) is 13.0 Å². The molecule has 4 heteroatoms. The van der Waals surface area contributed by atoms with Gasteiger partial charge in [-0.15, -0.1) is 0 Å². The van der Waals surface area contributed by atoms with Gasteiger partial charge in [0.2, 0.25) is 0 Å². The molecule has 0 aliphatic heterocycles. The molecule has 2 aromatic rings. The molecule has 86 valence electrons. The summed E-state index contributed by atoms with van der Waals surface area (Å²) < 4.78 is 12.9. The van der Waals surface area contributed by atoms with E-state index < -0.39 is 5.82 Å². The Kier molecular flexibility index (Phi) is 3.14. The van der Waals surface area contributed by atoms with Crippen molar-refractivity contribution in [2.45, 2.75) is 6.92 Å². The van der Waals surface area contributed by atoms with Gasteiger partial charge in [-0.05, 0) is 42.8 Å². The summed E-state index contributed by atoms with van der Waals surface area (Å²) in [6.07, 6.45) is 1.61. The Morgan fingerprint density at radius 2 is 2.12 bits per heavy atom. The molecular formula is C13H11FN2O. The zero-order valence-electron chi connectivity index (χ0n) is 9.27. The van der Waals surface area contributed by atoms with Crippen LogP contribution in [0.15, 0.2) is 42.6 Å². The molecule has 17 heavy (non-hydrogen) atoms. The van der Waals surface area contributed by atoms with Crippen LogP contribution in [0.4, 0.5) is 10.2 Å². The first-order valence-electron chi connectivity index (χ1n) is 5.15. The quantitative estimate of drug-likeness (QED) is 0.861. The number of hydrogen-bond donors (Lipinski definition) is 1. The average molecular weight is 230 g/mol. The van der Waals surface area contributed by atoms with Crippen molar-refractivity contribution in [2.75, 3.05) is 5.32 Å². The van der Waals surface area contributed by atoms with Crippen LogP contribution in [0.5, 0.6) is 0 Å². The van der Waals surface area contributed by atoms with Gasteiger partial charge in [0.25, 0.3) is 5.91 Å². The van der Waals surface area contributed by atoms with Gasteiger partial charge in [-0.1, -0.05) is 6.07 Å². The minimum Gasteiger partial charge on any atom is -0.307 e. The van der Waals surface area contributed by atoms with Gasteiger partial charge in [0.1, 0.15) is 11.6 Å². The van der Waals surface area contributed by atoms with E-state index in [2.05, 4.69) is 10.3 Å². The van der Waals surface area contributed by atoms with E-state index in [4.69, 9.17) is 0 Å². The van der Waals surface area contributed by atoms with E-state index in [1.54, 1.807) is 18.3 Å². The second-order valence-corrected chi connectivity index (χ2v) is 3.68. The number of amides is 1. The number of nitrogens with one attached hydrogen (secondary N) is 1. The van der Waals surface area contributed by atoms with Crippen LogP contribution in [0.3, 0.4) is 0 Å². The molecule has 1 aromatic carbocycles. The van der Waals surface area contributed by atoms with E-state index in [0.29, 0.717) is 5.82 Å². The molecule has 1 aromatic heterocycles. The third kappa shape index (κ3) is 2.87. The first-order valence-corrected chi connectivity index (χ1v) is 5.15. The van der Waals surface area contributed by atoms with Crippen LogP contribution < -0.4 is 5.32 Å². The standard InChI is InChI=1S/C13H11FN2O/c1-9-5-6-15-12(7-9)16-13(17)10-3-2-4-11(14)8-10/h2-8H,1H3,(H,15,16,17). The lowest BCUT2D eigenvalue weighted by Crippen LogP contribution is -2.13. The molecule has 1 amide bonds. The Balaban J connectivity index is 2.17. The second-order valence-electron chi connectivity index (χ2n) is 3.68. The number of benzene rings is 1. The number of pyridine rings is 1. The lowest BCUT2D eigenvalue weighted by molar-refractivity contribution is 0.102. The number of carbonyl (C=O) groups is 1. The zero-order valence-corrected chi connectivity index (χ0v) is 9.27. The fraction of sp³-hybridized carbons (Fsp3) is 0.0769. The number of anilines is 1. The maximum atomic E-state index is 12.9. The van der Waals surface area contributed by atoms with Crippen molar-refractivity contribution in [2.24, 2.45) is 0 Å². The van der Waals surface area contributed by atoms with Crippen LogP contribution in [0.2, 0.25) is 0 Å². The highest BCUT2D eigenvalue weighted by Crippen LogP contribution is 2.09. The van der Waals surface area contributed by atoms with Gasteiger partial charge in [-0.3, -0.25) is 4.79 Å². The van der Waals surface area contributed by atoms with Crippen LogP contribution in [-0.4, -0.2) is 10.9 Å². The van der Waals surface area contributed by atoms with Crippen molar-refractivity contribution in [3.05, 3.63) is 59.5 Å². The smallest absolute Gasteiger partial charge is 0.256 e. The molecule has 0 saturated carbocycles. The number of carbonyl (C=O) groups excluding carboxylic acids is 1. The van der Waals surface area contributed by atoms with Crippen molar-refractivity contribution in [1.82, 2.24) is 4.98 Å². The average Bonchev–Trinajstić information content (AvgIpc) is 2.29. The molecule has 0 bridgehead atoms. The molecule has 2 rings (SSSR count). The maximum absolute atomic E-state index is 12.9. The summed E-state index contributed by atoms with van der Waals surface area (Å²) in [6, 6.07) is 9.10. The van der Waals surface area contributed by atoms with Crippen molar-refractivity contribution in [1.29, 1.82) is 0 Å². The number of rotatable bonds is 2. The number of aromatic nitrogens is 1. The number of hydrogen-bond acceptors (Lipinski definition) is 2. The van der Waals surface area contributed by atoms with Crippen LogP contribution in [0.1, 0.15) is 15.9 Å². The minimum absolute atomic E-state index is 0.272. The van der Waals surface area contributed by atoms with E-state index in [9.17, 15) is 9.18 Å². The predicted octanol–water partition coefficient (Wildman–Crippen LogP) is 2.78. The van der Waals surface area contributed by atoms with Gasteiger partial charge < -0.3 is 5.32 Å². The molecule has 3 nitrogen and oxygen atoms in total. The van der Waals surface area contributed by atoms with Crippen molar-refractivity contribution in [3.8, 4) is 0 Å². The number of halogens is 1. The van der Waals surface area contributed by atoms with Gasteiger partial charge in [0.05, 0.1) is 0 Å². The Morgan fingerprint density at radius 1 is 1.29 bits per heavy atom. The number of aryl methyl sites for hydroxylation is 1. The lowest BCUT2D eigenvalue weighted by atomic mass is 10.2. The Hall–Kier alpha value is -2.23. The molecule has 0 saturated heterocycles. The van der Waals surface area contributed by atoms with Crippen LogP contribution in [0.25, 0.3) is 0 Å². The molecule has 0 aliphatic carbocycles. The van der Waals surface area contributed by atoms with Crippen molar-refractivity contribution in [3.63, 3.8) is 0 Å². The molecule has 0 fully saturated rings. The highest BCUT2D eigenvalue weighted by atomic mass is 19.1. The van der Waals surface area contributed by atoms with Gasteiger partial charge in [-0.2, -0.15) is 0 Å². The number of nitrogens with zero attached hydrogens (tertiary/aromatic N) is 1. The molecule has 0 unspecified atom stereocenters. The summed E-state index contributed by atoms with van der Waals surface area (Å²) in [5.41, 5.74) is 1.27. The SMILES string of the molecule is Cc1ccnc(NC(=O)c2cccc(F)c2)c1. The largest absolute Gasteiger partial charge is 0.307 e. The Labute approximate surface area is 98.3 Å². The predicted molar refractivity (Wildman–Crippen MR) is 63.3 cm³/mol. The third-order valence-electron chi connectivity index (χ3n) is 2.24. The summed E-state index contributed by atoms with van der Waals surface area (Å²) in [5.74, 6) is -0.350. The van der Waals surface area contributed by atoms with Crippen molar-refractivity contribution >= 4 is 11.7 Å². The van der Waals surface area contributed by atoms with Crippen LogP contribution in [0, 0.1) is 12.7 Å². The summed E-state index contributed by atoms with van der Waals surface area (Å²) >= 11 is 0. The topological polar surface area (TPSA) is 42.0 Å². The highest BCUT2D eigenvalue weighted by Gasteiger charge is 2.07. The van der Waals surface area contributed by atoms with Crippen molar-refractivity contribution < 1.29 is 9.18 Å². The van der Waals surface area contributed by atoms with E-state index >= 15 is 0 Å². The van der Waals surface area contributed by atoms with Crippen LogP contribution >= 0.6 is 0 Å². The Bertz CT molecular complexity index is 555. The van der Waals surface area contributed by atoms with E-state index in [0.717, 1.165) is 5.56 Å². The van der Waals surface area contributed by atoms with E-state index in [1.165, 1.54) is 18.2 Å². The second kappa shape index (κ2) is 4.74. The molecule has 1 N–H and O–H groups in total. The maximum Gasteiger partial charge on any atom is 0.256 e. The monoisotopic (exact) mass is 230 g/mol. The zero-order chi connectivity index (χ0) is 12.3. The molecule has 0 spiro atoms. The fourth-order valence-electron chi connectivity index (χ4n) is 1.42. The lowest BCUT2D eigenvalue weighted by Gasteiger charge is -2.04. The fourth-order valence-corrected chi connectivity index (χ4v) is 1.42. The minimum atomic E-state index is -0.435. The van der Waals surface area contributed by atoms with Gasteiger partial charge in [0.15, 0.2) is 0 Å². The third-order valence-corrected chi connectivity index (χ3v) is 2.24. The van der Waals surface area contributed by atoms with Gasteiger partial charge in [0, 0.05) is 11.8 Å². The Morgan fingerprint density at radius 3 is 2.82 bits per heavy atom. The summed E-state index contributed by atoms with van der Waals surface area (Å²) in [4.78, 5) is 15.8. The molecule has 1 heterocycles. The van der Waals surface area contributed by atoms with Gasteiger partial charge in [-0.25, -0.2) is 9.37 Å². The molecule has 0 atom stereocenters. The highest BCUT2D eigenvalue weighted by molar-refractivity contribution is 6.03. The van der Waals surface area contributed by atoms with Gasteiger partial charge >= 0.3 is 0 Å². The summed E-state index contributed by atoms with van der Waals surface area (Å²) in [5, 5.41) is 2.61. The molecule has 0 radical (unpaired) electrons. The first kappa shape index (κ1) is 11.3. The normalized spacial score (nSPS) is 10.0.